The van der Waals surface area contributed by atoms with Crippen LogP contribution >= 0.6 is 22.9 Å². The van der Waals surface area contributed by atoms with E-state index in [0.717, 1.165) is 25.1 Å². The molecule has 10 nitrogen and oxygen atoms in total. The normalized spacial score (nSPS) is 17.9. The molecule has 12 heteroatoms. The van der Waals surface area contributed by atoms with E-state index in [-0.39, 0.29) is 5.97 Å². The van der Waals surface area contributed by atoms with Crippen LogP contribution in [0.5, 0.6) is 0 Å². The number of fused-ring (bicyclic) bond motifs is 1. The van der Waals surface area contributed by atoms with Crippen LogP contribution in [0.15, 0.2) is 35.7 Å². The summed E-state index contributed by atoms with van der Waals surface area (Å²) in [7, 11) is 1.42. The molecule has 0 amide bonds. The third-order valence-corrected chi connectivity index (χ3v) is 6.70. The first-order valence-corrected chi connectivity index (χ1v) is 11.6. The fourth-order valence-electron chi connectivity index (χ4n) is 3.44. The topological polar surface area (TPSA) is 168 Å². The molecule has 2 aromatic rings. The van der Waals surface area contributed by atoms with Gasteiger partial charge in [0.05, 0.1) is 13.7 Å². The third-order valence-electron chi connectivity index (χ3n) is 5.33. The highest BCUT2D eigenvalue weighted by molar-refractivity contribution is 7.10. The Labute approximate surface area is 205 Å². The number of carbonyl (C=O) groups is 2. The lowest BCUT2D eigenvalue weighted by molar-refractivity contribution is -0.164. The summed E-state index contributed by atoms with van der Waals surface area (Å²) in [5.74, 6) is -1.99. The molecule has 0 saturated carbocycles. The fraction of sp³-hybridized carbons (Fsp3) is 0.455. The molecule has 0 fully saturated rings. The Kier molecular flexibility index (Phi) is 10.9. The second kappa shape index (κ2) is 13.1. The van der Waals surface area contributed by atoms with Gasteiger partial charge in [0.2, 0.25) is 0 Å². The van der Waals surface area contributed by atoms with Crippen molar-refractivity contribution in [1.29, 1.82) is 0 Å². The zero-order valence-electron chi connectivity index (χ0n) is 18.3. The zero-order chi connectivity index (χ0) is 25.4. The molecule has 1 aromatic heterocycles. The van der Waals surface area contributed by atoms with Crippen LogP contribution in [0.3, 0.4) is 0 Å². The van der Waals surface area contributed by atoms with Crippen LogP contribution in [0, 0.1) is 0 Å². The van der Waals surface area contributed by atoms with Crippen LogP contribution in [-0.2, 0) is 27.3 Å². The average molecular weight is 518 g/mol. The number of aliphatic hydroxyl groups excluding tert-OH is 5. The van der Waals surface area contributed by atoms with E-state index in [9.17, 15) is 9.59 Å². The number of nitrogens with zero attached hydrogens (tertiary/aromatic N) is 1. The maximum atomic E-state index is 12.3. The summed E-state index contributed by atoms with van der Waals surface area (Å²) in [5, 5.41) is 54.5. The van der Waals surface area contributed by atoms with Gasteiger partial charge in [-0.2, -0.15) is 0 Å². The van der Waals surface area contributed by atoms with Crippen LogP contribution in [0.25, 0.3) is 0 Å². The molecule has 0 bridgehead atoms. The highest BCUT2D eigenvalue weighted by Crippen LogP contribution is 2.33. The lowest BCUT2D eigenvalue weighted by Gasteiger charge is -2.33. The van der Waals surface area contributed by atoms with Crippen molar-refractivity contribution in [1.82, 2.24) is 4.90 Å². The second-order valence-corrected chi connectivity index (χ2v) is 8.96. The summed E-state index contributed by atoms with van der Waals surface area (Å²) in [6.07, 6.45) is -6.87. The van der Waals surface area contributed by atoms with Gasteiger partial charge in [-0.15, -0.1) is 11.3 Å². The molecule has 34 heavy (non-hydrogen) atoms. The molecule has 1 aliphatic heterocycles. The van der Waals surface area contributed by atoms with Crippen molar-refractivity contribution in [2.75, 3.05) is 20.3 Å². The van der Waals surface area contributed by atoms with Crippen molar-refractivity contribution in [3.8, 4) is 0 Å². The Morgan fingerprint density at radius 3 is 2.41 bits per heavy atom. The fourth-order valence-corrected chi connectivity index (χ4v) is 4.57. The van der Waals surface area contributed by atoms with E-state index in [2.05, 4.69) is 16.3 Å². The Morgan fingerprint density at radius 1 is 1.15 bits per heavy atom. The number of methoxy groups -OCH3 is 1. The van der Waals surface area contributed by atoms with Crippen molar-refractivity contribution < 1.29 is 45.0 Å². The maximum Gasteiger partial charge on any atom is 0.335 e. The van der Waals surface area contributed by atoms with Crippen molar-refractivity contribution in [2.45, 2.75) is 43.4 Å². The predicted octanol–water partition coefficient (Wildman–Crippen LogP) is 0.181. The number of aliphatic hydroxyl groups is 5. The number of rotatable bonds is 8. The lowest BCUT2D eigenvalue weighted by atomic mass is 10.0. The highest BCUT2D eigenvalue weighted by Gasteiger charge is 2.34. The van der Waals surface area contributed by atoms with Crippen LogP contribution in [0.2, 0.25) is 5.02 Å². The van der Waals surface area contributed by atoms with Gasteiger partial charge >= 0.3 is 11.9 Å². The minimum absolute atomic E-state index is 0.262. The van der Waals surface area contributed by atoms with E-state index in [0.29, 0.717) is 5.02 Å². The van der Waals surface area contributed by atoms with Crippen molar-refractivity contribution in [3.05, 3.63) is 56.7 Å². The van der Waals surface area contributed by atoms with E-state index in [1.165, 1.54) is 17.6 Å². The molecule has 1 aromatic carbocycles. The van der Waals surface area contributed by atoms with Crippen LogP contribution in [-0.4, -0.2) is 92.2 Å². The molecule has 1 aliphatic rings. The number of hydrogen-bond acceptors (Lipinski definition) is 10. The van der Waals surface area contributed by atoms with Crippen molar-refractivity contribution >= 4 is 34.9 Å². The smallest absolute Gasteiger partial charge is 0.335 e. The number of carbonyl (C=O) groups excluding carboxylic acids is 1. The van der Waals surface area contributed by atoms with Crippen LogP contribution < -0.4 is 0 Å². The standard InChI is InChI=1S/C16H16ClNO2S.C6H12O7/c1-20-16(19)15(12-4-2-3-5-13(12)17)18-8-6-14-11(10-18)7-9-21-14;7-1-2(8)3(9)4(10)5(11)6(12)13/h2-5,7,9,15H,6,8,10H2,1H3;2-5,7-11H,1H2,(H,12,13)/t15-;2-,3-,4+,5-/m00/s1. The van der Waals surface area contributed by atoms with Gasteiger partial charge in [0.15, 0.2) is 6.10 Å². The molecular formula is C22H28ClNO9S. The summed E-state index contributed by atoms with van der Waals surface area (Å²) in [6, 6.07) is 9.16. The molecule has 0 saturated heterocycles. The molecule has 0 unspecified atom stereocenters. The summed E-state index contributed by atoms with van der Waals surface area (Å²) < 4.78 is 5.01. The van der Waals surface area contributed by atoms with Gasteiger partial charge in [-0.25, -0.2) is 9.59 Å². The zero-order valence-corrected chi connectivity index (χ0v) is 19.9. The van der Waals surface area contributed by atoms with E-state index in [1.807, 2.05) is 24.3 Å². The van der Waals surface area contributed by atoms with Gasteiger partial charge in [-0.1, -0.05) is 29.8 Å². The SMILES string of the molecule is COC(=O)[C@H](c1ccccc1Cl)N1CCc2sccc2C1.O=C(O)[C@@H](O)[C@H](O)[C@@H](O)[C@@H](O)CO. The Bertz CT molecular complexity index is 956. The number of carboxylic acid groups (broad SMARTS) is 1. The third kappa shape index (κ3) is 6.96. The van der Waals surface area contributed by atoms with E-state index < -0.39 is 43.0 Å². The number of benzene rings is 1. The average Bonchev–Trinajstić information content (AvgIpc) is 3.31. The van der Waals surface area contributed by atoms with Gasteiger partial charge in [-0.05, 0) is 35.1 Å². The number of thiophene rings is 1. The molecule has 0 spiro atoms. The van der Waals surface area contributed by atoms with E-state index in [4.69, 9.17) is 47.0 Å². The van der Waals surface area contributed by atoms with Gasteiger partial charge in [-0.3, -0.25) is 4.90 Å². The molecule has 0 aliphatic carbocycles. The first-order valence-electron chi connectivity index (χ1n) is 10.3. The molecule has 2 heterocycles. The minimum atomic E-state index is -2.20. The number of ether oxygens (including phenoxy) is 1. The quantitative estimate of drug-likeness (QED) is 0.266. The first kappa shape index (κ1) is 28.1. The van der Waals surface area contributed by atoms with E-state index >= 15 is 0 Å². The van der Waals surface area contributed by atoms with Gasteiger partial charge in [0.25, 0.3) is 0 Å². The summed E-state index contributed by atoms with van der Waals surface area (Å²) in [6.45, 7) is 0.743. The Morgan fingerprint density at radius 2 is 1.82 bits per heavy atom. The van der Waals surface area contributed by atoms with Crippen LogP contribution in [0.1, 0.15) is 22.0 Å². The summed E-state index contributed by atoms with van der Waals surface area (Å²) in [5.41, 5.74) is 2.11. The summed E-state index contributed by atoms with van der Waals surface area (Å²) in [4.78, 5) is 25.9. The largest absolute Gasteiger partial charge is 0.479 e. The predicted molar refractivity (Wildman–Crippen MR) is 123 cm³/mol. The molecule has 0 radical (unpaired) electrons. The van der Waals surface area contributed by atoms with Crippen molar-refractivity contribution in [3.63, 3.8) is 0 Å². The second-order valence-electron chi connectivity index (χ2n) is 7.55. The lowest BCUT2D eigenvalue weighted by Crippen LogP contribution is -2.48. The maximum absolute atomic E-state index is 12.3. The van der Waals surface area contributed by atoms with E-state index in [1.54, 1.807) is 11.3 Å². The van der Waals surface area contributed by atoms with Crippen molar-refractivity contribution in [2.24, 2.45) is 0 Å². The van der Waals surface area contributed by atoms with Gasteiger partial charge < -0.3 is 35.4 Å². The monoisotopic (exact) mass is 517 g/mol. The Hall–Kier alpha value is -2.09. The summed E-state index contributed by atoms with van der Waals surface area (Å²) >= 11 is 8.07. The molecular weight excluding hydrogens is 490 g/mol. The number of hydrogen-bond donors (Lipinski definition) is 6. The highest BCUT2D eigenvalue weighted by atomic mass is 35.5. The van der Waals surface area contributed by atoms with Crippen LogP contribution in [0.4, 0.5) is 0 Å². The molecule has 6 N–H and O–H groups in total. The van der Waals surface area contributed by atoms with Gasteiger partial charge in [0.1, 0.15) is 24.4 Å². The minimum Gasteiger partial charge on any atom is -0.479 e. The molecule has 3 rings (SSSR count). The van der Waals surface area contributed by atoms with Gasteiger partial charge in [0, 0.05) is 23.0 Å². The Balaban J connectivity index is 0.000000273. The molecule has 5 atom stereocenters. The first-order chi connectivity index (χ1) is 16.1. The number of esters is 1. The number of carboxylic acids is 1. The number of halogens is 1. The molecule has 188 valence electrons. The number of aliphatic carboxylic acids is 1.